The molecule has 0 saturated carbocycles. The Morgan fingerprint density at radius 3 is 2.00 bits per heavy atom. The van der Waals surface area contributed by atoms with Crippen LogP contribution in [0.1, 0.15) is 65.4 Å². The molecule has 0 aliphatic carbocycles. The Labute approximate surface area is 135 Å². The molecule has 0 fully saturated rings. The summed E-state index contributed by atoms with van der Waals surface area (Å²) in [6, 6.07) is 6.58. The fourth-order valence-electron chi connectivity index (χ4n) is 3.53. The Morgan fingerprint density at radius 2 is 1.45 bits per heavy atom. The van der Waals surface area contributed by atoms with E-state index >= 15 is 0 Å². The van der Waals surface area contributed by atoms with Crippen LogP contribution in [0.5, 0.6) is 0 Å². The number of hydrogen-bond donors (Lipinski definition) is 0. The molecule has 1 aromatic carbocycles. The van der Waals surface area contributed by atoms with Crippen LogP contribution < -0.4 is 0 Å². The average Bonchev–Trinajstić information content (AvgIpc) is 2.36. The monoisotopic (exact) mass is 325 g/mol. The molecule has 3 unspecified atom stereocenters. The summed E-state index contributed by atoms with van der Waals surface area (Å²) in [5.74, 6) is 1.94. The van der Waals surface area contributed by atoms with E-state index in [4.69, 9.17) is 0 Å². The van der Waals surface area contributed by atoms with Crippen LogP contribution in [0.3, 0.4) is 0 Å². The van der Waals surface area contributed by atoms with Crippen molar-refractivity contribution in [3.8, 4) is 0 Å². The SMILES string of the molecule is CC(C)CC(C)CC(C)CC(C)c1ccccc1S(=O)(=O)[O-]. The molecule has 0 aliphatic heterocycles. The molecule has 0 saturated heterocycles. The Balaban J connectivity index is 2.75. The van der Waals surface area contributed by atoms with Crippen molar-refractivity contribution in [3.63, 3.8) is 0 Å². The van der Waals surface area contributed by atoms with Gasteiger partial charge in [0.2, 0.25) is 0 Å². The molecule has 0 aliphatic rings. The fourth-order valence-corrected chi connectivity index (χ4v) is 4.33. The molecule has 0 radical (unpaired) electrons. The molecule has 3 atom stereocenters. The van der Waals surface area contributed by atoms with Crippen LogP contribution >= 0.6 is 0 Å². The van der Waals surface area contributed by atoms with Gasteiger partial charge in [-0.15, -0.1) is 0 Å². The maximum absolute atomic E-state index is 11.4. The lowest BCUT2D eigenvalue weighted by Gasteiger charge is -2.24. The zero-order valence-corrected chi connectivity index (χ0v) is 15.2. The predicted molar refractivity (Wildman–Crippen MR) is 89.8 cm³/mol. The summed E-state index contributed by atoms with van der Waals surface area (Å²) in [4.78, 5) is -0.0649. The maximum atomic E-state index is 11.4. The van der Waals surface area contributed by atoms with Gasteiger partial charge in [0.15, 0.2) is 0 Å². The van der Waals surface area contributed by atoms with Crippen molar-refractivity contribution >= 4 is 10.1 Å². The standard InChI is InChI=1S/C18H30O3S/c1-13(2)10-14(3)11-15(4)12-16(5)17-8-6-7-9-18(17)22(19,20)21/h6-9,13-16H,10-12H2,1-5H3,(H,19,20,21)/p-1. The maximum Gasteiger partial charge on any atom is 0.124 e. The van der Waals surface area contributed by atoms with Crippen LogP contribution in [-0.4, -0.2) is 13.0 Å². The minimum atomic E-state index is -4.40. The van der Waals surface area contributed by atoms with E-state index < -0.39 is 10.1 Å². The zero-order valence-electron chi connectivity index (χ0n) is 14.4. The molecule has 3 nitrogen and oxygen atoms in total. The molecule has 22 heavy (non-hydrogen) atoms. The first-order valence-electron chi connectivity index (χ1n) is 8.16. The highest BCUT2D eigenvalue weighted by atomic mass is 32.2. The van der Waals surface area contributed by atoms with Gasteiger partial charge in [0.1, 0.15) is 10.1 Å². The molecule has 0 amide bonds. The fraction of sp³-hybridized carbons (Fsp3) is 0.667. The van der Waals surface area contributed by atoms with Gasteiger partial charge in [0, 0.05) is 0 Å². The Kier molecular flexibility index (Phi) is 7.07. The molecule has 4 heteroatoms. The summed E-state index contributed by atoms with van der Waals surface area (Å²) < 4.78 is 34.2. The summed E-state index contributed by atoms with van der Waals surface area (Å²) in [6.07, 6.45) is 3.24. The summed E-state index contributed by atoms with van der Waals surface area (Å²) in [7, 11) is -4.40. The van der Waals surface area contributed by atoms with Crippen LogP contribution in [0.25, 0.3) is 0 Å². The summed E-state index contributed by atoms with van der Waals surface area (Å²) in [5.41, 5.74) is 0.654. The molecular weight excluding hydrogens is 296 g/mol. The van der Waals surface area contributed by atoms with E-state index in [0.29, 0.717) is 23.3 Å². The lowest BCUT2D eigenvalue weighted by Crippen LogP contribution is -2.11. The topological polar surface area (TPSA) is 57.2 Å². The van der Waals surface area contributed by atoms with Crippen LogP contribution in [0, 0.1) is 17.8 Å². The predicted octanol–water partition coefficient (Wildman–Crippen LogP) is 4.79. The molecule has 0 aromatic heterocycles. The summed E-state index contributed by atoms with van der Waals surface area (Å²) >= 11 is 0. The van der Waals surface area contributed by atoms with E-state index in [0.717, 1.165) is 12.8 Å². The minimum Gasteiger partial charge on any atom is -0.744 e. The highest BCUT2D eigenvalue weighted by Gasteiger charge is 2.18. The van der Waals surface area contributed by atoms with Crippen LogP contribution in [-0.2, 0) is 10.1 Å². The van der Waals surface area contributed by atoms with E-state index in [1.807, 2.05) is 6.92 Å². The van der Waals surface area contributed by atoms with Gasteiger partial charge in [-0.3, -0.25) is 0 Å². The molecule has 0 bridgehead atoms. The van der Waals surface area contributed by atoms with E-state index in [2.05, 4.69) is 27.7 Å². The third-order valence-corrected chi connectivity index (χ3v) is 5.06. The lowest BCUT2D eigenvalue weighted by atomic mass is 9.84. The van der Waals surface area contributed by atoms with Crippen molar-refractivity contribution in [2.75, 3.05) is 0 Å². The largest absolute Gasteiger partial charge is 0.744 e. The number of rotatable bonds is 8. The van der Waals surface area contributed by atoms with Crippen LogP contribution in [0.2, 0.25) is 0 Å². The van der Waals surface area contributed by atoms with Gasteiger partial charge >= 0.3 is 0 Å². The van der Waals surface area contributed by atoms with E-state index in [-0.39, 0.29) is 10.8 Å². The molecule has 1 rings (SSSR count). The van der Waals surface area contributed by atoms with Gasteiger partial charge in [-0.1, -0.05) is 52.8 Å². The molecule has 0 spiro atoms. The first-order chi connectivity index (χ1) is 10.1. The average molecular weight is 325 g/mol. The summed E-state index contributed by atoms with van der Waals surface area (Å²) in [6.45, 7) is 11.0. The van der Waals surface area contributed by atoms with Crippen molar-refractivity contribution in [3.05, 3.63) is 29.8 Å². The van der Waals surface area contributed by atoms with Crippen molar-refractivity contribution < 1.29 is 13.0 Å². The lowest BCUT2D eigenvalue weighted by molar-refractivity contribution is 0.332. The minimum absolute atomic E-state index is 0.0649. The first kappa shape index (κ1) is 19.2. The van der Waals surface area contributed by atoms with Crippen molar-refractivity contribution in [2.45, 2.75) is 64.7 Å². The van der Waals surface area contributed by atoms with E-state index in [1.165, 1.54) is 12.5 Å². The molecule has 1 aromatic rings. The number of hydrogen-bond acceptors (Lipinski definition) is 3. The van der Waals surface area contributed by atoms with E-state index in [1.54, 1.807) is 18.2 Å². The Bertz CT molecular complexity index is 563. The molecular formula is C18H29O3S-. The molecule has 126 valence electrons. The van der Waals surface area contributed by atoms with Crippen molar-refractivity contribution in [1.82, 2.24) is 0 Å². The first-order valence-corrected chi connectivity index (χ1v) is 9.56. The van der Waals surface area contributed by atoms with Crippen molar-refractivity contribution in [1.29, 1.82) is 0 Å². The van der Waals surface area contributed by atoms with Gasteiger partial charge in [-0.05, 0) is 54.6 Å². The third-order valence-electron chi connectivity index (χ3n) is 4.15. The highest BCUT2D eigenvalue weighted by molar-refractivity contribution is 7.85. The van der Waals surface area contributed by atoms with Crippen LogP contribution in [0.4, 0.5) is 0 Å². The highest BCUT2D eigenvalue weighted by Crippen LogP contribution is 2.31. The van der Waals surface area contributed by atoms with Gasteiger partial charge in [-0.2, -0.15) is 0 Å². The number of benzene rings is 1. The smallest absolute Gasteiger partial charge is 0.124 e. The van der Waals surface area contributed by atoms with Gasteiger partial charge in [0.25, 0.3) is 0 Å². The van der Waals surface area contributed by atoms with Gasteiger partial charge in [0.05, 0.1) is 4.90 Å². The van der Waals surface area contributed by atoms with E-state index in [9.17, 15) is 13.0 Å². The molecule has 0 N–H and O–H groups in total. The second kappa shape index (κ2) is 8.11. The third kappa shape index (κ3) is 6.09. The van der Waals surface area contributed by atoms with Crippen LogP contribution in [0.15, 0.2) is 29.2 Å². The van der Waals surface area contributed by atoms with Gasteiger partial charge in [-0.25, -0.2) is 8.42 Å². The second-order valence-electron chi connectivity index (χ2n) is 7.20. The molecule has 0 heterocycles. The normalized spacial score (nSPS) is 16.5. The Hall–Kier alpha value is -0.870. The Morgan fingerprint density at radius 1 is 0.909 bits per heavy atom. The zero-order chi connectivity index (χ0) is 16.9. The quantitative estimate of drug-likeness (QED) is 0.645. The van der Waals surface area contributed by atoms with Gasteiger partial charge < -0.3 is 4.55 Å². The van der Waals surface area contributed by atoms with Crippen molar-refractivity contribution in [2.24, 2.45) is 17.8 Å². The second-order valence-corrected chi connectivity index (χ2v) is 8.55. The summed E-state index contributed by atoms with van der Waals surface area (Å²) in [5, 5.41) is 0.